The van der Waals surface area contributed by atoms with Gasteiger partial charge >= 0.3 is 0 Å². The van der Waals surface area contributed by atoms with Crippen molar-refractivity contribution in [3.8, 4) is 22.3 Å². The van der Waals surface area contributed by atoms with Gasteiger partial charge in [-0.3, -0.25) is 0 Å². The summed E-state index contributed by atoms with van der Waals surface area (Å²) in [5.41, 5.74) is 9.50. The van der Waals surface area contributed by atoms with Crippen molar-refractivity contribution >= 4 is 55.2 Å². The SMILES string of the molecule is c1ccc(C2=NC(c3ccc(-c4cccc5oc6ccc(-c7ccc8ccccc8c7)cc6c45)c4ccccc34)NC(c3ccccc3)=N2)cc1. The second kappa shape index (κ2) is 12.0. The van der Waals surface area contributed by atoms with Crippen LogP contribution in [0.1, 0.15) is 22.9 Å². The van der Waals surface area contributed by atoms with Crippen molar-refractivity contribution in [2.24, 2.45) is 9.98 Å². The molecule has 0 amide bonds. The first-order chi connectivity index (χ1) is 25.3. The predicted molar refractivity (Wildman–Crippen MR) is 211 cm³/mol. The molecule has 51 heavy (non-hydrogen) atoms. The molecule has 1 aromatic heterocycles. The number of nitrogens with one attached hydrogen (secondary N) is 1. The fraction of sp³-hybridized carbons (Fsp3) is 0.0213. The minimum Gasteiger partial charge on any atom is -0.456 e. The molecule has 4 nitrogen and oxygen atoms in total. The predicted octanol–water partition coefficient (Wildman–Crippen LogP) is 11.7. The van der Waals surface area contributed by atoms with E-state index in [-0.39, 0.29) is 6.17 Å². The Kier molecular flexibility index (Phi) is 6.85. The lowest BCUT2D eigenvalue weighted by Gasteiger charge is -2.25. The van der Waals surface area contributed by atoms with Crippen LogP contribution in [0.3, 0.4) is 0 Å². The molecule has 9 aromatic rings. The van der Waals surface area contributed by atoms with E-state index >= 15 is 0 Å². The van der Waals surface area contributed by atoms with Gasteiger partial charge in [0.05, 0.1) is 0 Å². The molecule has 0 aliphatic carbocycles. The Morgan fingerprint density at radius 2 is 1.16 bits per heavy atom. The number of amidine groups is 2. The number of hydrogen-bond donors (Lipinski definition) is 1. The molecule has 240 valence electrons. The number of benzene rings is 8. The first kappa shape index (κ1) is 29.2. The highest BCUT2D eigenvalue weighted by atomic mass is 16.3. The van der Waals surface area contributed by atoms with Crippen LogP contribution in [-0.2, 0) is 0 Å². The Hall–Kier alpha value is -6.78. The van der Waals surface area contributed by atoms with Crippen molar-refractivity contribution in [2.45, 2.75) is 6.17 Å². The van der Waals surface area contributed by atoms with Crippen molar-refractivity contribution in [3.05, 3.63) is 193 Å². The van der Waals surface area contributed by atoms with E-state index in [2.05, 4.69) is 145 Å². The van der Waals surface area contributed by atoms with E-state index in [4.69, 9.17) is 14.4 Å². The molecule has 8 aromatic carbocycles. The quantitative estimate of drug-likeness (QED) is 0.201. The molecular formula is C47H31N3O. The zero-order chi connectivity index (χ0) is 33.7. The van der Waals surface area contributed by atoms with Crippen molar-refractivity contribution < 1.29 is 4.42 Å². The molecule has 0 spiro atoms. The molecule has 0 fully saturated rings. The van der Waals surface area contributed by atoms with Crippen LogP contribution in [-0.4, -0.2) is 11.7 Å². The van der Waals surface area contributed by atoms with E-state index in [1.807, 2.05) is 36.4 Å². The number of nitrogens with zero attached hydrogens (tertiary/aromatic N) is 2. The number of fused-ring (bicyclic) bond motifs is 5. The Morgan fingerprint density at radius 3 is 2.00 bits per heavy atom. The Balaban J connectivity index is 1.12. The van der Waals surface area contributed by atoms with Gasteiger partial charge in [0.2, 0.25) is 0 Å². The molecule has 0 saturated carbocycles. The number of furan rings is 1. The summed E-state index contributed by atoms with van der Waals surface area (Å²) in [4.78, 5) is 10.2. The highest BCUT2D eigenvalue weighted by molar-refractivity contribution is 6.17. The first-order valence-electron chi connectivity index (χ1n) is 17.3. The zero-order valence-corrected chi connectivity index (χ0v) is 27.6. The van der Waals surface area contributed by atoms with Crippen LogP contribution in [0.5, 0.6) is 0 Å². The maximum atomic E-state index is 6.47. The molecule has 1 N–H and O–H groups in total. The summed E-state index contributed by atoms with van der Waals surface area (Å²) in [6, 6.07) is 61.7. The van der Waals surface area contributed by atoms with E-state index in [0.717, 1.165) is 71.9 Å². The fourth-order valence-corrected chi connectivity index (χ4v) is 7.46. The zero-order valence-electron chi connectivity index (χ0n) is 27.6. The summed E-state index contributed by atoms with van der Waals surface area (Å²) in [6.45, 7) is 0. The number of rotatable bonds is 5. The maximum Gasteiger partial charge on any atom is 0.159 e. The Labute approximate surface area is 295 Å². The van der Waals surface area contributed by atoms with Crippen LogP contribution in [0.15, 0.2) is 190 Å². The van der Waals surface area contributed by atoms with Gasteiger partial charge in [-0.2, -0.15) is 0 Å². The summed E-state index contributed by atoms with van der Waals surface area (Å²) < 4.78 is 6.47. The lowest BCUT2D eigenvalue weighted by Crippen LogP contribution is -2.33. The van der Waals surface area contributed by atoms with Gasteiger partial charge < -0.3 is 9.73 Å². The average molecular weight is 654 g/mol. The van der Waals surface area contributed by atoms with Crippen LogP contribution in [0.2, 0.25) is 0 Å². The summed E-state index contributed by atoms with van der Waals surface area (Å²) >= 11 is 0. The molecule has 10 rings (SSSR count). The van der Waals surface area contributed by atoms with Crippen LogP contribution >= 0.6 is 0 Å². The second-order valence-corrected chi connectivity index (χ2v) is 13.0. The maximum absolute atomic E-state index is 6.47. The van der Waals surface area contributed by atoms with Crippen LogP contribution < -0.4 is 5.32 Å². The van der Waals surface area contributed by atoms with E-state index in [1.165, 1.54) is 16.3 Å². The van der Waals surface area contributed by atoms with Crippen molar-refractivity contribution in [1.82, 2.24) is 5.32 Å². The third-order valence-electron chi connectivity index (χ3n) is 9.94. The monoisotopic (exact) mass is 653 g/mol. The van der Waals surface area contributed by atoms with Crippen molar-refractivity contribution in [1.29, 1.82) is 0 Å². The Bertz CT molecular complexity index is 2830. The smallest absolute Gasteiger partial charge is 0.159 e. The molecule has 2 heterocycles. The molecule has 0 bridgehead atoms. The molecule has 1 aliphatic heterocycles. The Morgan fingerprint density at radius 1 is 0.451 bits per heavy atom. The van der Waals surface area contributed by atoms with Gasteiger partial charge in [0.15, 0.2) is 5.84 Å². The molecular weight excluding hydrogens is 623 g/mol. The summed E-state index contributed by atoms with van der Waals surface area (Å²) in [7, 11) is 0. The number of hydrogen-bond acceptors (Lipinski definition) is 4. The van der Waals surface area contributed by atoms with Crippen molar-refractivity contribution in [2.75, 3.05) is 0 Å². The minimum atomic E-state index is -0.332. The van der Waals surface area contributed by atoms with Gasteiger partial charge in [-0.05, 0) is 68.1 Å². The highest BCUT2D eigenvalue weighted by Gasteiger charge is 2.24. The lowest BCUT2D eigenvalue weighted by molar-refractivity contribution is 0.669. The van der Waals surface area contributed by atoms with Crippen LogP contribution in [0, 0.1) is 0 Å². The minimum absolute atomic E-state index is 0.332. The van der Waals surface area contributed by atoms with Gasteiger partial charge in [0.25, 0.3) is 0 Å². The van der Waals surface area contributed by atoms with E-state index in [0.29, 0.717) is 5.84 Å². The third-order valence-corrected chi connectivity index (χ3v) is 9.94. The summed E-state index contributed by atoms with van der Waals surface area (Å²) in [5, 5.41) is 10.7. The summed E-state index contributed by atoms with van der Waals surface area (Å²) in [6.07, 6.45) is -0.332. The fourth-order valence-electron chi connectivity index (χ4n) is 7.46. The van der Waals surface area contributed by atoms with Crippen LogP contribution in [0.25, 0.3) is 65.7 Å². The van der Waals surface area contributed by atoms with Gasteiger partial charge in [0, 0.05) is 27.5 Å². The summed E-state index contributed by atoms with van der Waals surface area (Å²) in [5.74, 6) is 1.52. The highest BCUT2D eigenvalue weighted by Crippen LogP contribution is 2.42. The van der Waals surface area contributed by atoms with Gasteiger partial charge in [0.1, 0.15) is 23.2 Å². The number of aliphatic imine (C=N–C) groups is 2. The van der Waals surface area contributed by atoms with Gasteiger partial charge in [-0.1, -0.05) is 152 Å². The molecule has 0 radical (unpaired) electrons. The third kappa shape index (κ3) is 5.08. The van der Waals surface area contributed by atoms with Gasteiger partial charge in [-0.15, -0.1) is 0 Å². The largest absolute Gasteiger partial charge is 0.456 e. The van der Waals surface area contributed by atoms with Gasteiger partial charge in [-0.25, -0.2) is 9.98 Å². The molecule has 1 atom stereocenters. The van der Waals surface area contributed by atoms with E-state index in [9.17, 15) is 0 Å². The average Bonchev–Trinajstić information content (AvgIpc) is 3.59. The second-order valence-electron chi connectivity index (χ2n) is 13.0. The first-order valence-corrected chi connectivity index (χ1v) is 17.3. The topological polar surface area (TPSA) is 49.9 Å². The lowest BCUT2D eigenvalue weighted by atomic mass is 9.91. The standard InChI is InChI=1S/C47H31N3O/c1-3-13-31(14-4-1)45-48-46(32-15-5-2-6-16-32)50-47(49-45)40-26-25-38(36-18-9-10-19-37(36)40)39-20-11-21-43-44(39)41-29-35(24-27-42(41)51-43)34-23-22-30-12-7-8-17-33(30)28-34/h1-29,47H,(H,48,49,50). The van der Waals surface area contributed by atoms with E-state index in [1.54, 1.807) is 0 Å². The normalized spacial score (nSPS) is 14.5. The van der Waals surface area contributed by atoms with Crippen molar-refractivity contribution in [3.63, 3.8) is 0 Å². The van der Waals surface area contributed by atoms with Crippen LogP contribution in [0.4, 0.5) is 0 Å². The molecule has 4 heteroatoms. The van der Waals surface area contributed by atoms with E-state index < -0.39 is 0 Å². The molecule has 1 unspecified atom stereocenters. The molecule has 1 aliphatic rings. The molecule has 0 saturated heterocycles.